The fourth-order valence-electron chi connectivity index (χ4n) is 3.87. The van der Waals surface area contributed by atoms with E-state index in [9.17, 15) is 14.7 Å². The summed E-state index contributed by atoms with van der Waals surface area (Å²) in [5.41, 5.74) is -0.00977. The van der Waals surface area contributed by atoms with Gasteiger partial charge in [-0.15, -0.1) is 0 Å². The molecule has 2 aromatic carbocycles. The van der Waals surface area contributed by atoms with Crippen LogP contribution in [0.25, 0.3) is 21.0 Å². The second-order valence-electron chi connectivity index (χ2n) is 7.75. The lowest BCUT2D eigenvalue weighted by Gasteiger charge is -2.20. The molecule has 1 aliphatic rings. The van der Waals surface area contributed by atoms with Crippen LogP contribution in [0.1, 0.15) is 5.56 Å². The number of methoxy groups -OCH3 is 1. The summed E-state index contributed by atoms with van der Waals surface area (Å²) < 4.78 is 9.38. The molecule has 5 rings (SSSR count). The summed E-state index contributed by atoms with van der Waals surface area (Å²) in [5.74, 6) is 5.84. The molecule has 0 spiro atoms. The first-order valence-electron chi connectivity index (χ1n) is 9.96. The minimum Gasteiger partial charge on any atom is -0.497 e. The smallest absolute Gasteiger partial charge is 0.323 e. The van der Waals surface area contributed by atoms with E-state index < -0.39 is 17.5 Å². The van der Waals surface area contributed by atoms with Gasteiger partial charge >= 0.3 is 6.03 Å². The largest absolute Gasteiger partial charge is 0.497 e. The number of amides is 3. The Bertz CT molecular complexity index is 1590. The van der Waals surface area contributed by atoms with E-state index >= 15 is 0 Å². The molecule has 2 aromatic heterocycles. The average molecular weight is 462 g/mol. The van der Waals surface area contributed by atoms with Crippen LogP contribution < -0.4 is 20.2 Å². The maximum absolute atomic E-state index is 12.8. The fourth-order valence-corrected chi connectivity index (χ4v) is 4.81. The van der Waals surface area contributed by atoms with Gasteiger partial charge in [0.25, 0.3) is 5.91 Å². The lowest BCUT2D eigenvalue weighted by molar-refractivity contribution is -0.122. The summed E-state index contributed by atoms with van der Waals surface area (Å²) in [5, 5.41) is 24.9. The zero-order chi connectivity index (χ0) is 23.3. The molecule has 0 bridgehead atoms. The van der Waals surface area contributed by atoms with Crippen molar-refractivity contribution in [1.29, 1.82) is 5.41 Å². The minimum absolute atomic E-state index is 0.0606. The monoisotopic (exact) mass is 461 g/mol. The highest BCUT2D eigenvalue weighted by molar-refractivity contribution is 7.16. The topological polar surface area (TPSA) is 121 Å². The molecule has 3 heterocycles. The highest BCUT2D eigenvalue weighted by Gasteiger charge is 2.46. The number of hydrogen-bond donors (Lipinski definition) is 4. The van der Waals surface area contributed by atoms with Crippen molar-refractivity contribution in [2.45, 2.75) is 12.1 Å². The van der Waals surface area contributed by atoms with Gasteiger partial charge in [-0.1, -0.05) is 23.2 Å². The molecule has 1 saturated heterocycles. The standard InChI is InChI=1S/C23H19N5O4S/c1-27-17-6-3-13(9-18(17)33-21(27)24)7-8-23(20(30)25-22(31)26-23)12-28-11-14-4-5-15(32-2)10-16(14)19(28)29/h3-6,9-11,24,29H,12H2,1-2H3,(H2,25,26,30,31)/t23-/m1/s1. The van der Waals surface area contributed by atoms with Gasteiger partial charge in [0.15, 0.2) is 10.7 Å². The van der Waals surface area contributed by atoms with Crippen molar-refractivity contribution in [2.75, 3.05) is 7.11 Å². The first-order valence-corrected chi connectivity index (χ1v) is 10.8. The van der Waals surface area contributed by atoms with Crippen LogP contribution in [0.15, 0.2) is 42.6 Å². The molecule has 0 aliphatic carbocycles. The molecular weight excluding hydrogens is 442 g/mol. The zero-order valence-corrected chi connectivity index (χ0v) is 18.5. The van der Waals surface area contributed by atoms with Gasteiger partial charge in [0.1, 0.15) is 5.75 Å². The molecular formula is C23H19N5O4S. The van der Waals surface area contributed by atoms with Gasteiger partial charge in [-0.2, -0.15) is 0 Å². The SMILES string of the molecule is COc1ccc2cn(C[C@@]3(C#Cc4ccc5c(c4)sc(=N)n5C)NC(=O)NC3=O)c(O)c2c1. The number of carbonyl (C=O) groups is 2. The third-order valence-corrected chi connectivity index (χ3v) is 6.68. The number of aromatic hydroxyl groups is 1. The van der Waals surface area contributed by atoms with Crippen molar-refractivity contribution in [2.24, 2.45) is 7.05 Å². The third-order valence-electron chi connectivity index (χ3n) is 5.67. The van der Waals surface area contributed by atoms with Gasteiger partial charge in [0, 0.05) is 29.6 Å². The third kappa shape index (κ3) is 3.39. The summed E-state index contributed by atoms with van der Waals surface area (Å²) in [4.78, 5) is 25.2. The van der Waals surface area contributed by atoms with E-state index in [4.69, 9.17) is 10.1 Å². The summed E-state index contributed by atoms with van der Waals surface area (Å²) in [6.45, 7) is -0.0898. The van der Waals surface area contributed by atoms with E-state index in [1.54, 1.807) is 35.0 Å². The van der Waals surface area contributed by atoms with Gasteiger partial charge < -0.3 is 24.3 Å². The molecule has 3 amide bonds. The van der Waals surface area contributed by atoms with Crippen molar-refractivity contribution in [3.8, 4) is 23.5 Å². The van der Waals surface area contributed by atoms with Crippen LogP contribution in [0.3, 0.4) is 0 Å². The van der Waals surface area contributed by atoms with E-state index in [2.05, 4.69) is 22.5 Å². The Morgan fingerprint density at radius 2 is 2.06 bits per heavy atom. The van der Waals surface area contributed by atoms with Crippen LogP contribution in [0.2, 0.25) is 0 Å². The number of benzene rings is 2. The van der Waals surface area contributed by atoms with E-state index in [-0.39, 0.29) is 12.4 Å². The average Bonchev–Trinajstić information content (AvgIpc) is 3.37. The van der Waals surface area contributed by atoms with Gasteiger partial charge in [-0.25, -0.2) is 4.79 Å². The summed E-state index contributed by atoms with van der Waals surface area (Å²) in [6, 6.07) is 10.1. The summed E-state index contributed by atoms with van der Waals surface area (Å²) >= 11 is 1.33. The first-order chi connectivity index (χ1) is 15.8. The summed E-state index contributed by atoms with van der Waals surface area (Å²) in [6.07, 6.45) is 1.69. The Kier molecular flexibility index (Phi) is 4.65. The van der Waals surface area contributed by atoms with Gasteiger partial charge in [0.05, 0.1) is 23.9 Å². The van der Waals surface area contributed by atoms with E-state index in [0.29, 0.717) is 21.5 Å². The number of rotatable bonds is 3. The number of carbonyl (C=O) groups excluding carboxylic acids is 2. The van der Waals surface area contributed by atoms with Gasteiger partial charge in [-0.05, 0) is 36.4 Å². The number of imide groups is 1. The second kappa shape index (κ2) is 7.43. The normalized spacial score (nSPS) is 17.6. The predicted molar refractivity (Wildman–Crippen MR) is 123 cm³/mol. The molecule has 9 nitrogen and oxygen atoms in total. The maximum Gasteiger partial charge on any atom is 0.323 e. The quantitative estimate of drug-likeness (QED) is 0.275. The number of aromatic nitrogens is 2. The Morgan fingerprint density at radius 3 is 2.79 bits per heavy atom. The highest BCUT2D eigenvalue weighted by atomic mass is 32.1. The van der Waals surface area contributed by atoms with Crippen LogP contribution in [0.4, 0.5) is 4.79 Å². The Labute approximate surface area is 191 Å². The van der Waals surface area contributed by atoms with Crippen LogP contribution in [0, 0.1) is 17.3 Å². The number of nitrogens with zero attached hydrogens (tertiary/aromatic N) is 2. The van der Waals surface area contributed by atoms with Crippen molar-refractivity contribution in [3.63, 3.8) is 0 Å². The fraction of sp³-hybridized carbons (Fsp3) is 0.174. The molecule has 0 saturated carbocycles. The van der Waals surface area contributed by atoms with Crippen molar-refractivity contribution in [1.82, 2.24) is 19.8 Å². The zero-order valence-electron chi connectivity index (χ0n) is 17.7. The highest BCUT2D eigenvalue weighted by Crippen LogP contribution is 2.32. The van der Waals surface area contributed by atoms with E-state index in [1.807, 2.05) is 19.2 Å². The number of fused-ring (bicyclic) bond motifs is 2. The Hall–Kier alpha value is -4.23. The lowest BCUT2D eigenvalue weighted by atomic mass is 10.00. The number of ether oxygens (including phenoxy) is 1. The van der Waals surface area contributed by atoms with Crippen molar-refractivity contribution >= 4 is 44.3 Å². The number of aryl methyl sites for hydroxylation is 1. The van der Waals surface area contributed by atoms with Crippen molar-refractivity contribution < 1.29 is 19.4 Å². The molecule has 10 heteroatoms. The molecule has 166 valence electrons. The molecule has 4 N–H and O–H groups in total. The molecule has 0 unspecified atom stereocenters. The molecule has 1 atom stereocenters. The minimum atomic E-state index is -1.57. The lowest BCUT2D eigenvalue weighted by Crippen LogP contribution is -2.49. The van der Waals surface area contributed by atoms with E-state index in [0.717, 1.165) is 15.6 Å². The molecule has 0 radical (unpaired) electrons. The van der Waals surface area contributed by atoms with Crippen molar-refractivity contribution in [3.05, 3.63) is 53.0 Å². The molecule has 4 aromatic rings. The number of hydrogen-bond acceptors (Lipinski definition) is 6. The van der Waals surface area contributed by atoms with E-state index in [1.165, 1.54) is 23.0 Å². The van der Waals surface area contributed by atoms with Crippen LogP contribution in [-0.2, 0) is 18.4 Å². The first kappa shape index (κ1) is 20.7. The van der Waals surface area contributed by atoms with Gasteiger partial charge in [-0.3, -0.25) is 15.5 Å². The number of urea groups is 1. The molecule has 33 heavy (non-hydrogen) atoms. The maximum atomic E-state index is 12.8. The Balaban J connectivity index is 1.56. The van der Waals surface area contributed by atoms with Crippen LogP contribution >= 0.6 is 11.3 Å². The summed E-state index contributed by atoms with van der Waals surface area (Å²) in [7, 11) is 3.36. The molecule has 1 fully saturated rings. The Morgan fingerprint density at radius 1 is 1.24 bits per heavy atom. The van der Waals surface area contributed by atoms with Crippen LogP contribution in [-0.4, -0.2) is 38.8 Å². The molecule has 1 aliphatic heterocycles. The number of thiazole rings is 1. The predicted octanol–water partition coefficient (Wildman–Crippen LogP) is 2.02. The second-order valence-corrected chi connectivity index (χ2v) is 8.78. The number of nitrogens with one attached hydrogen (secondary N) is 3. The van der Waals surface area contributed by atoms with Gasteiger partial charge in [0.2, 0.25) is 5.54 Å². The van der Waals surface area contributed by atoms with Crippen LogP contribution in [0.5, 0.6) is 11.6 Å².